The molecule has 0 atom stereocenters. The van der Waals surface area contributed by atoms with Crippen LogP contribution in [0.4, 0.5) is 5.95 Å². The van der Waals surface area contributed by atoms with E-state index in [1.165, 1.54) is 10.4 Å². The lowest BCUT2D eigenvalue weighted by Gasteiger charge is -2.21. The second kappa shape index (κ2) is 7.72. The summed E-state index contributed by atoms with van der Waals surface area (Å²) in [6.45, 7) is 7.55. The fourth-order valence-corrected chi connectivity index (χ4v) is 4.76. The first-order valence-corrected chi connectivity index (χ1v) is 10.6. The van der Waals surface area contributed by atoms with Gasteiger partial charge in [-0.15, -0.1) is 11.3 Å². The molecular formula is C21H26N4OS. The predicted molar refractivity (Wildman–Crippen MR) is 112 cm³/mol. The van der Waals surface area contributed by atoms with Crippen LogP contribution in [0.3, 0.4) is 0 Å². The van der Waals surface area contributed by atoms with E-state index in [0.29, 0.717) is 0 Å². The molecule has 1 amide bonds. The molecular weight excluding hydrogens is 356 g/mol. The van der Waals surface area contributed by atoms with Crippen LogP contribution >= 0.6 is 11.3 Å². The van der Waals surface area contributed by atoms with Crippen LogP contribution in [0.5, 0.6) is 0 Å². The lowest BCUT2D eigenvalue weighted by Crippen LogP contribution is -2.35. The van der Waals surface area contributed by atoms with E-state index in [1.54, 1.807) is 11.3 Å². The van der Waals surface area contributed by atoms with Gasteiger partial charge in [0.25, 0.3) is 5.91 Å². The number of imidazole rings is 1. The van der Waals surface area contributed by atoms with E-state index in [-0.39, 0.29) is 5.91 Å². The molecule has 0 bridgehead atoms. The van der Waals surface area contributed by atoms with Gasteiger partial charge in [-0.1, -0.05) is 25.5 Å². The van der Waals surface area contributed by atoms with Gasteiger partial charge in [0.05, 0.1) is 15.9 Å². The van der Waals surface area contributed by atoms with Crippen molar-refractivity contribution >= 4 is 34.2 Å². The largest absolute Gasteiger partial charge is 0.341 e. The summed E-state index contributed by atoms with van der Waals surface area (Å²) in [4.78, 5) is 27.5. The average molecular weight is 383 g/mol. The first-order valence-electron chi connectivity index (χ1n) is 9.74. The first kappa shape index (κ1) is 18.0. The molecule has 1 fully saturated rings. The smallest absolute Gasteiger partial charge is 0.263 e. The molecule has 4 rings (SSSR count). The van der Waals surface area contributed by atoms with Crippen molar-refractivity contribution in [2.45, 2.75) is 33.1 Å². The number of benzene rings is 1. The molecule has 0 spiro atoms. The number of hydrogen-bond donors (Lipinski definition) is 1. The maximum absolute atomic E-state index is 13.0. The standard InChI is InChI=1S/C21H26N4OS/c1-3-7-16-14-19(27-15(16)2)20(26)24-10-6-11-25(13-12-24)21-22-17-8-4-5-9-18(17)23-21/h4-5,8-9,14H,3,6-7,10-13H2,1-2H3,(H,22,23). The molecule has 0 unspecified atom stereocenters. The Hall–Kier alpha value is -2.34. The Kier molecular flexibility index (Phi) is 5.16. The van der Waals surface area contributed by atoms with Gasteiger partial charge >= 0.3 is 0 Å². The van der Waals surface area contributed by atoms with Gasteiger partial charge in [0.1, 0.15) is 0 Å². The third kappa shape index (κ3) is 3.72. The van der Waals surface area contributed by atoms with Gasteiger partial charge in [0.2, 0.25) is 5.95 Å². The average Bonchev–Trinajstić information content (AvgIpc) is 3.17. The van der Waals surface area contributed by atoms with Crippen LogP contribution < -0.4 is 4.90 Å². The Labute approximate surface area is 164 Å². The lowest BCUT2D eigenvalue weighted by molar-refractivity contribution is 0.0771. The molecule has 6 heteroatoms. The molecule has 2 aromatic heterocycles. The summed E-state index contributed by atoms with van der Waals surface area (Å²) in [6.07, 6.45) is 3.12. The van der Waals surface area contributed by atoms with Crippen LogP contribution in [0.25, 0.3) is 11.0 Å². The second-order valence-electron chi connectivity index (χ2n) is 7.15. The van der Waals surface area contributed by atoms with Crippen molar-refractivity contribution < 1.29 is 4.79 Å². The number of aromatic nitrogens is 2. The van der Waals surface area contributed by atoms with Crippen molar-refractivity contribution in [3.8, 4) is 0 Å². The summed E-state index contributed by atoms with van der Waals surface area (Å²) in [6, 6.07) is 10.2. The molecule has 1 N–H and O–H groups in total. The zero-order valence-corrected chi connectivity index (χ0v) is 16.8. The minimum absolute atomic E-state index is 0.178. The molecule has 3 heterocycles. The van der Waals surface area contributed by atoms with Crippen LogP contribution in [0, 0.1) is 6.92 Å². The number of nitrogens with one attached hydrogen (secondary N) is 1. The quantitative estimate of drug-likeness (QED) is 0.734. The molecule has 3 aromatic rings. The van der Waals surface area contributed by atoms with E-state index in [4.69, 9.17) is 4.98 Å². The van der Waals surface area contributed by atoms with Gasteiger partial charge < -0.3 is 14.8 Å². The van der Waals surface area contributed by atoms with Crippen LogP contribution in [0.1, 0.15) is 39.9 Å². The van der Waals surface area contributed by atoms with E-state index < -0.39 is 0 Å². The van der Waals surface area contributed by atoms with E-state index in [9.17, 15) is 4.79 Å². The third-order valence-corrected chi connectivity index (χ3v) is 6.29. The summed E-state index contributed by atoms with van der Waals surface area (Å²) in [5.74, 6) is 1.08. The molecule has 0 radical (unpaired) electrons. The number of nitrogens with zero attached hydrogens (tertiary/aromatic N) is 3. The SMILES string of the molecule is CCCc1cc(C(=O)N2CCCN(c3nc4ccccc4[nH]3)CC2)sc1C. The fourth-order valence-electron chi connectivity index (χ4n) is 3.72. The Bertz CT molecular complexity index is 912. The monoisotopic (exact) mass is 382 g/mol. The summed E-state index contributed by atoms with van der Waals surface area (Å²) in [5.41, 5.74) is 3.37. The maximum Gasteiger partial charge on any atom is 0.263 e. The fraction of sp³-hybridized carbons (Fsp3) is 0.429. The number of anilines is 1. The molecule has 0 saturated carbocycles. The number of fused-ring (bicyclic) bond motifs is 1. The summed E-state index contributed by atoms with van der Waals surface area (Å²) in [7, 11) is 0. The Balaban J connectivity index is 1.46. The molecule has 0 aliphatic carbocycles. The Morgan fingerprint density at radius 2 is 2.07 bits per heavy atom. The Morgan fingerprint density at radius 3 is 2.89 bits per heavy atom. The van der Waals surface area contributed by atoms with Crippen molar-refractivity contribution in [3.63, 3.8) is 0 Å². The number of carbonyl (C=O) groups excluding carboxylic acids is 1. The highest BCUT2D eigenvalue weighted by molar-refractivity contribution is 7.14. The molecule has 1 aliphatic heterocycles. The molecule has 1 aromatic carbocycles. The number of hydrogen-bond acceptors (Lipinski definition) is 4. The minimum Gasteiger partial charge on any atom is -0.341 e. The van der Waals surface area contributed by atoms with Crippen molar-refractivity contribution in [3.05, 3.63) is 45.6 Å². The van der Waals surface area contributed by atoms with Gasteiger partial charge in [-0.2, -0.15) is 0 Å². The summed E-state index contributed by atoms with van der Waals surface area (Å²) >= 11 is 1.64. The molecule has 1 saturated heterocycles. The van der Waals surface area contributed by atoms with Crippen molar-refractivity contribution in [1.82, 2.24) is 14.9 Å². The zero-order valence-electron chi connectivity index (χ0n) is 16.0. The normalized spacial score (nSPS) is 15.3. The topological polar surface area (TPSA) is 52.2 Å². The highest BCUT2D eigenvalue weighted by Gasteiger charge is 2.23. The van der Waals surface area contributed by atoms with E-state index in [0.717, 1.165) is 67.3 Å². The third-order valence-electron chi connectivity index (χ3n) is 5.21. The molecule has 5 nitrogen and oxygen atoms in total. The second-order valence-corrected chi connectivity index (χ2v) is 8.41. The first-order chi connectivity index (χ1) is 13.2. The van der Waals surface area contributed by atoms with Crippen molar-refractivity contribution in [2.75, 3.05) is 31.1 Å². The number of thiophene rings is 1. The highest BCUT2D eigenvalue weighted by atomic mass is 32.1. The van der Waals surface area contributed by atoms with Gasteiger partial charge in [-0.25, -0.2) is 4.98 Å². The molecule has 1 aliphatic rings. The number of aromatic amines is 1. The highest BCUT2D eigenvalue weighted by Crippen LogP contribution is 2.25. The van der Waals surface area contributed by atoms with Crippen LogP contribution in [0.2, 0.25) is 0 Å². The number of carbonyl (C=O) groups is 1. The van der Waals surface area contributed by atoms with E-state index in [1.807, 2.05) is 29.2 Å². The number of rotatable bonds is 4. The Morgan fingerprint density at radius 1 is 1.22 bits per heavy atom. The van der Waals surface area contributed by atoms with Gasteiger partial charge in [0.15, 0.2) is 0 Å². The van der Waals surface area contributed by atoms with Gasteiger partial charge in [0, 0.05) is 31.1 Å². The summed E-state index contributed by atoms with van der Waals surface area (Å²) in [5, 5.41) is 0. The minimum atomic E-state index is 0.178. The number of H-pyrrole nitrogens is 1. The number of amides is 1. The van der Waals surface area contributed by atoms with Crippen LogP contribution in [-0.4, -0.2) is 47.0 Å². The molecule has 142 valence electrons. The lowest BCUT2D eigenvalue weighted by atomic mass is 10.1. The van der Waals surface area contributed by atoms with E-state index in [2.05, 4.69) is 29.8 Å². The summed E-state index contributed by atoms with van der Waals surface area (Å²) < 4.78 is 0. The van der Waals surface area contributed by atoms with Crippen molar-refractivity contribution in [2.24, 2.45) is 0 Å². The number of para-hydroxylation sites is 2. The predicted octanol–water partition coefficient (Wildman–Crippen LogP) is 4.24. The van der Waals surface area contributed by atoms with Crippen LogP contribution in [0.15, 0.2) is 30.3 Å². The van der Waals surface area contributed by atoms with Gasteiger partial charge in [-0.05, 0) is 43.5 Å². The van der Waals surface area contributed by atoms with Crippen LogP contribution in [-0.2, 0) is 6.42 Å². The van der Waals surface area contributed by atoms with Crippen molar-refractivity contribution in [1.29, 1.82) is 0 Å². The zero-order chi connectivity index (χ0) is 18.8. The van der Waals surface area contributed by atoms with Gasteiger partial charge in [-0.3, -0.25) is 4.79 Å². The van der Waals surface area contributed by atoms with E-state index >= 15 is 0 Å². The number of aryl methyl sites for hydroxylation is 2. The molecule has 27 heavy (non-hydrogen) atoms. The maximum atomic E-state index is 13.0.